The van der Waals surface area contributed by atoms with Crippen LogP contribution in [0.4, 0.5) is 0 Å². The Hall–Kier alpha value is -0.640. The first-order valence-corrected chi connectivity index (χ1v) is 8.54. The molecule has 0 bridgehead atoms. The SMILES string of the molecule is CC1CCC(C#N)(NS(=O)(=O)C2CCOCC2)CC1. The van der Waals surface area contributed by atoms with Crippen LogP contribution in [0.2, 0.25) is 0 Å². The molecule has 6 heteroatoms. The molecule has 19 heavy (non-hydrogen) atoms. The Morgan fingerprint density at radius 2 is 1.79 bits per heavy atom. The van der Waals surface area contributed by atoms with Gasteiger partial charge in [-0.1, -0.05) is 6.92 Å². The molecule has 108 valence electrons. The van der Waals surface area contributed by atoms with Gasteiger partial charge in [0.1, 0.15) is 5.54 Å². The Morgan fingerprint density at radius 1 is 1.21 bits per heavy atom. The van der Waals surface area contributed by atoms with Crippen molar-refractivity contribution in [2.24, 2.45) is 5.92 Å². The average Bonchev–Trinajstić information content (AvgIpc) is 2.42. The molecule has 2 rings (SSSR count). The Bertz CT molecular complexity index is 441. The highest BCUT2D eigenvalue weighted by Crippen LogP contribution is 2.32. The molecule has 1 heterocycles. The number of ether oxygens (including phenoxy) is 1. The monoisotopic (exact) mass is 286 g/mol. The first-order valence-electron chi connectivity index (χ1n) is 6.99. The van der Waals surface area contributed by atoms with Crippen LogP contribution in [0.15, 0.2) is 0 Å². The first kappa shape index (κ1) is 14.8. The lowest BCUT2D eigenvalue weighted by Crippen LogP contribution is -2.52. The first-order chi connectivity index (χ1) is 8.97. The summed E-state index contributed by atoms with van der Waals surface area (Å²) in [6.45, 7) is 3.12. The van der Waals surface area contributed by atoms with Crippen LogP contribution in [-0.4, -0.2) is 32.4 Å². The van der Waals surface area contributed by atoms with Crippen molar-refractivity contribution in [3.8, 4) is 6.07 Å². The summed E-state index contributed by atoms with van der Waals surface area (Å²) in [5.74, 6) is 0.578. The van der Waals surface area contributed by atoms with Crippen molar-refractivity contribution in [3.05, 3.63) is 0 Å². The van der Waals surface area contributed by atoms with Crippen LogP contribution in [0, 0.1) is 17.2 Å². The molecule has 0 spiro atoms. The molecule has 1 aliphatic carbocycles. The van der Waals surface area contributed by atoms with Crippen molar-refractivity contribution >= 4 is 10.0 Å². The Kier molecular flexibility index (Phi) is 4.49. The van der Waals surface area contributed by atoms with E-state index < -0.39 is 20.8 Å². The molecule has 1 saturated heterocycles. The highest BCUT2D eigenvalue weighted by molar-refractivity contribution is 7.90. The lowest BCUT2D eigenvalue weighted by Gasteiger charge is -2.35. The molecule has 0 radical (unpaired) electrons. The fourth-order valence-electron chi connectivity index (χ4n) is 2.83. The van der Waals surface area contributed by atoms with Crippen molar-refractivity contribution < 1.29 is 13.2 Å². The summed E-state index contributed by atoms with van der Waals surface area (Å²) < 4.78 is 32.7. The van der Waals surface area contributed by atoms with E-state index in [0.29, 0.717) is 44.8 Å². The summed E-state index contributed by atoms with van der Waals surface area (Å²) in [5.41, 5.74) is -0.885. The number of nitrogens with one attached hydrogen (secondary N) is 1. The third kappa shape index (κ3) is 3.47. The van der Waals surface area contributed by atoms with Gasteiger partial charge in [-0.05, 0) is 44.4 Å². The van der Waals surface area contributed by atoms with Crippen molar-refractivity contribution in [3.63, 3.8) is 0 Å². The highest BCUT2D eigenvalue weighted by atomic mass is 32.2. The largest absolute Gasteiger partial charge is 0.381 e. The number of hydrogen-bond acceptors (Lipinski definition) is 4. The normalized spacial score (nSPS) is 33.8. The second-order valence-corrected chi connectivity index (χ2v) is 7.80. The van der Waals surface area contributed by atoms with E-state index in [2.05, 4.69) is 17.7 Å². The van der Waals surface area contributed by atoms with E-state index in [1.807, 2.05) is 0 Å². The zero-order valence-electron chi connectivity index (χ0n) is 11.4. The summed E-state index contributed by atoms with van der Waals surface area (Å²) in [5, 5.41) is 8.98. The van der Waals surface area contributed by atoms with Crippen molar-refractivity contribution in [1.82, 2.24) is 4.72 Å². The smallest absolute Gasteiger partial charge is 0.216 e. The van der Waals surface area contributed by atoms with Crippen LogP contribution >= 0.6 is 0 Å². The van der Waals surface area contributed by atoms with Gasteiger partial charge in [-0.3, -0.25) is 0 Å². The number of sulfonamides is 1. The fraction of sp³-hybridized carbons (Fsp3) is 0.923. The van der Waals surface area contributed by atoms with Crippen molar-refractivity contribution in [2.75, 3.05) is 13.2 Å². The summed E-state index contributed by atoms with van der Waals surface area (Å²) in [4.78, 5) is 0. The second kappa shape index (κ2) is 5.78. The van der Waals surface area contributed by atoms with Gasteiger partial charge in [-0.15, -0.1) is 0 Å². The van der Waals surface area contributed by atoms with Crippen molar-refractivity contribution in [2.45, 2.75) is 56.2 Å². The zero-order chi connectivity index (χ0) is 13.9. The third-order valence-electron chi connectivity index (χ3n) is 4.29. The molecule has 0 atom stereocenters. The van der Waals surface area contributed by atoms with Crippen LogP contribution in [0.25, 0.3) is 0 Å². The lowest BCUT2D eigenvalue weighted by molar-refractivity contribution is 0.0978. The maximum absolute atomic E-state index is 12.4. The molecule has 5 nitrogen and oxygen atoms in total. The van der Waals surface area contributed by atoms with Crippen LogP contribution in [0.1, 0.15) is 45.4 Å². The van der Waals surface area contributed by atoms with Gasteiger partial charge in [-0.25, -0.2) is 8.42 Å². The molecule has 0 aromatic carbocycles. The predicted molar refractivity (Wildman–Crippen MR) is 71.9 cm³/mol. The van der Waals surface area contributed by atoms with Gasteiger partial charge < -0.3 is 4.74 Å². The van der Waals surface area contributed by atoms with E-state index in [9.17, 15) is 13.7 Å². The number of hydrogen-bond donors (Lipinski definition) is 1. The van der Waals surface area contributed by atoms with Gasteiger partial charge in [-0.2, -0.15) is 9.98 Å². The quantitative estimate of drug-likeness (QED) is 0.854. The molecule has 1 saturated carbocycles. The van der Waals surface area contributed by atoms with Gasteiger partial charge in [0.25, 0.3) is 0 Å². The molecule has 0 aromatic rings. The second-order valence-electron chi connectivity index (χ2n) is 5.84. The lowest BCUT2D eigenvalue weighted by atomic mass is 9.79. The summed E-state index contributed by atoms with van der Waals surface area (Å²) in [6.07, 6.45) is 4.09. The van der Waals surface area contributed by atoms with Gasteiger partial charge in [0.2, 0.25) is 10.0 Å². The minimum absolute atomic E-state index is 0.411. The van der Waals surface area contributed by atoms with E-state index in [1.54, 1.807) is 0 Å². The van der Waals surface area contributed by atoms with E-state index in [-0.39, 0.29) is 0 Å². The Balaban J connectivity index is 2.07. The Labute approximate surface area is 115 Å². The standard InChI is InChI=1S/C13H22N2O3S/c1-11-2-6-13(10-14,7-3-11)15-19(16,17)12-4-8-18-9-5-12/h11-12,15H,2-9H2,1H3. The van der Waals surface area contributed by atoms with Gasteiger partial charge >= 0.3 is 0 Å². The summed E-state index contributed by atoms with van der Waals surface area (Å²) in [7, 11) is -3.42. The number of rotatable bonds is 3. The number of nitrogens with zero attached hydrogens (tertiary/aromatic N) is 1. The van der Waals surface area contributed by atoms with Gasteiger partial charge in [0.05, 0.1) is 11.3 Å². The average molecular weight is 286 g/mol. The molecule has 0 unspecified atom stereocenters. The minimum Gasteiger partial charge on any atom is -0.381 e. The molecule has 0 amide bonds. The van der Waals surface area contributed by atoms with Gasteiger partial charge in [0, 0.05) is 13.2 Å². The molecule has 0 aromatic heterocycles. The maximum Gasteiger partial charge on any atom is 0.216 e. The number of nitriles is 1. The predicted octanol–water partition coefficient (Wildman–Crippen LogP) is 1.56. The Morgan fingerprint density at radius 3 is 2.32 bits per heavy atom. The molecule has 2 fully saturated rings. The van der Waals surface area contributed by atoms with E-state index in [1.165, 1.54) is 0 Å². The maximum atomic E-state index is 12.4. The van der Waals surface area contributed by atoms with E-state index >= 15 is 0 Å². The third-order valence-corrected chi connectivity index (χ3v) is 6.31. The minimum atomic E-state index is -3.42. The topological polar surface area (TPSA) is 79.2 Å². The molecule has 1 aliphatic heterocycles. The van der Waals surface area contributed by atoms with E-state index in [0.717, 1.165) is 12.8 Å². The summed E-state index contributed by atoms with van der Waals surface area (Å²) in [6, 6.07) is 2.21. The van der Waals surface area contributed by atoms with Crippen LogP contribution in [0.5, 0.6) is 0 Å². The molecular weight excluding hydrogens is 264 g/mol. The molecule has 1 N–H and O–H groups in total. The highest BCUT2D eigenvalue weighted by Gasteiger charge is 2.40. The summed E-state index contributed by atoms with van der Waals surface area (Å²) >= 11 is 0. The van der Waals surface area contributed by atoms with Gasteiger partial charge in [0.15, 0.2) is 0 Å². The fourth-order valence-corrected chi connectivity index (χ4v) is 4.61. The van der Waals surface area contributed by atoms with E-state index in [4.69, 9.17) is 4.74 Å². The van der Waals surface area contributed by atoms with Crippen LogP contribution in [-0.2, 0) is 14.8 Å². The van der Waals surface area contributed by atoms with Crippen LogP contribution < -0.4 is 4.72 Å². The zero-order valence-corrected chi connectivity index (χ0v) is 12.2. The molecule has 2 aliphatic rings. The molecular formula is C13H22N2O3S. The van der Waals surface area contributed by atoms with Crippen LogP contribution in [0.3, 0.4) is 0 Å². The van der Waals surface area contributed by atoms with Crippen molar-refractivity contribution in [1.29, 1.82) is 5.26 Å².